The molecule has 20 heavy (non-hydrogen) atoms. The minimum atomic E-state index is 0.105. The first-order valence-corrected chi connectivity index (χ1v) is 7.07. The lowest BCUT2D eigenvalue weighted by atomic mass is 10.0. The monoisotopic (exact) mass is 265 g/mol. The van der Waals surface area contributed by atoms with Crippen LogP contribution in [-0.4, -0.2) is 6.54 Å². The number of hydrogen-bond donors (Lipinski definition) is 1. The van der Waals surface area contributed by atoms with Gasteiger partial charge in [-0.15, -0.1) is 0 Å². The molecule has 0 spiro atoms. The average molecular weight is 265 g/mol. The molecule has 0 aliphatic heterocycles. The summed E-state index contributed by atoms with van der Waals surface area (Å²) in [4.78, 5) is 0. The van der Waals surface area contributed by atoms with E-state index in [1.807, 2.05) is 6.07 Å². The van der Waals surface area contributed by atoms with E-state index in [0.717, 1.165) is 17.9 Å². The van der Waals surface area contributed by atoms with Gasteiger partial charge in [0.15, 0.2) is 0 Å². The lowest BCUT2D eigenvalue weighted by molar-refractivity contribution is 0.476. The van der Waals surface area contributed by atoms with Crippen molar-refractivity contribution in [2.24, 2.45) is 0 Å². The highest BCUT2D eigenvalue weighted by Gasteiger charge is 2.17. The van der Waals surface area contributed by atoms with Crippen LogP contribution in [0.1, 0.15) is 29.9 Å². The third-order valence-corrected chi connectivity index (χ3v) is 3.59. The molecule has 0 radical (unpaired) electrons. The van der Waals surface area contributed by atoms with E-state index in [-0.39, 0.29) is 6.04 Å². The normalized spacial score (nSPS) is 12.7. The molecule has 0 fully saturated rings. The molecule has 1 heterocycles. The lowest BCUT2D eigenvalue weighted by Gasteiger charge is -2.15. The Hall–Kier alpha value is -2.06. The van der Waals surface area contributed by atoms with Crippen LogP contribution in [0.5, 0.6) is 0 Å². The van der Waals surface area contributed by atoms with Gasteiger partial charge in [0, 0.05) is 5.39 Å². The molecule has 0 bridgehead atoms. The van der Waals surface area contributed by atoms with Crippen molar-refractivity contribution < 1.29 is 4.42 Å². The van der Waals surface area contributed by atoms with E-state index >= 15 is 0 Å². The zero-order valence-electron chi connectivity index (χ0n) is 11.9. The fourth-order valence-electron chi connectivity index (χ4n) is 2.60. The predicted octanol–water partition coefficient (Wildman–Crippen LogP) is 4.44. The molecule has 2 aromatic carbocycles. The molecule has 3 rings (SSSR count). The van der Waals surface area contributed by atoms with Gasteiger partial charge >= 0.3 is 0 Å². The van der Waals surface area contributed by atoms with Crippen molar-refractivity contribution in [3.8, 4) is 0 Å². The molecular weight excluding hydrogens is 246 g/mol. The Morgan fingerprint density at radius 2 is 1.85 bits per heavy atom. The molecule has 0 saturated carbocycles. The van der Waals surface area contributed by atoms with Crippen LogP contribution in [0, 0.1) is 6.92 Å². The zero-order valence-corrected chi connectivity index (χ0v) is 11.9. The Bertz CT molecular complexity index is 700. The molecule has 1 N–H and O–H groups in total. The highest BCUT2D eigenvalue weighted by Crippen LogP contribution is 2.29. The Morgan fingerprint density at radius 3 is 2.55 bits per heavy atom. The van der Waals surface area contributed by atoms with E-state index in [2.05, 4.69) is 67.7 Å². The second-order valence-corrected chi connectivity index (χ2v) is 5.04. The predicted molar refractivity (Wildman–Crippen MR) is 82.9 cm³/mol. The van der Waals surface area contributed by atoms with Crippen LogP contribution in [0.4, 0.5) is 0 Å². The maximum atomic E-state index is 6.11. The van der Waals surface area contributed by atoms with Gasteiger partial charge < -0.3 is 9.73 Å². The van der Waals surface area contributed by atoms with E-state index < -0.39 is 0 Å². The summed E-state index contributed by atoms with van der Waals surface area (Å²) < 4.78 is 6.11. The average Bonchev–Trinajstić information content (AvgIpc) is 2.91. The third-order valence-electron chi connectivity index (χ3n) is 3.59. The smallest absolute Gasteiger partial charge is 0.137 e. The van der Waals surface area contributed by atoms with Crippen LogP contribution in [0.3, 0.4) is 0 Å². The number of hydrogen-bond acceptors (Lipinski definition) is 2. The molecule has 0 saturated heterocycles. The van der Waals surface area contributed by atoms with E-state index in [1.165, 1.54) is 16.5 Å². The quantitative estimate of drug-likeness (QED) is 0.754. The molecule has 0 aliphatic carbocycles. The molecule has 1 unspecified atom stereocenters. The van der Waals surface area contributed by atoms with Gasteiger partial charge in [-0.1, -0.05) is 55.5 Å². The first-order valence-electron chi connectivity index (χ1n) is 7.07. The van der Waals surface area contributed by atoms with Crippen molar-refractivity contribution in [1.82, 2.24) is 5.32 Å². The van der Waals surface area contributed by atoms with Gasteiger partial charge in [0.2, 0.25) is 0 Å². The maximum Gasteiger partial charge on any atom is 0.137 e. The van der Waals surface area contributed by atoms with Gasteiger partial charge in [0.25, 0.3) is 0 Å². The highest BCUT2D eigenvalue weighted by atomic mass is 16.3. The van der Waals surface area contributed by atoms with Gasteiger partial charge in [-0.25, -0.2) is 0 Å². The topological polar surface area (TPSA) is 25.2 Å². The molecule has 1 atom stereocenters. The van der Waals surface area contributed by atoms with Crippen LogP contribution in [-0.2, 0) is 0 Å². The molecule has 0 amide bonds. The van der Waals surface area contributed by atoms with Gasteiger partial charge in [-0.05, 0) is 30.7 Å². The number of rotatable bonds is 4. The second kappa shape index (κ2) is 5.51. The van der Waals surface area contributed by atoms with Gasteiger partial charge in [-0.2, -0.15) is 0 Å². The summed E-state index contributed by atoms with van der Waals surface area (Å²) in [5.74, 6) is 0.974. The molecule has 0 aliphatic rings. The molecule has 2 heteroatoms. The van der Waals surface area contributed by atoms with E-state index in [1.54, 1.807) is 0 Å². The molecule has 3 aromatic rings. The fourth-order valence-corrected chi connectivity index (χ4v) is 2.60. The van der Waals surface area contributed by atoms with Gasteiger partial charge in [0.05, 0.1) is 6.04 Å². The van der Waals surface area contributed by atoms with Crippen LogP contribution < -0.4 is 5.32 Å². The fraction of sp³-hybridized carbons (Fsp3) is 0.222. The largest absolute Gasteiger partial charge is 0.459 e. The van der Waals surface area contributed by atoms with Crippen LogP contribution in [0.2, 0.25) is 0 Å². The van der Waals surface area contributed by atoms with Crippen molar-refractivity contribution in [2.45, 2.75) is 19.9 Å². The van der Waals surface area contributed by atoms with Crippen molar-refractivity contribution in [3.63, 3.8) is 0 Å². The van der Waals surface area contributed by atoms with Crippen LogP contribution in [0.25, 0.3) is 11.0 Å². The molecule has 2 nitrogen and oxygen atoms in total. The van der Waals surface area contributed by atoms with E-state index in [0.29, 0.717) is 0 Å². The minimum absolute atomic E-state index is 0.105. The van der Waals surface area contributed by atoms with Crippen molar-refractivity contribution in [2.75, 3.05) is 6.54 Å². The van der Waals surface area contributed by atoms with Crippen molar-refractivity contribution in [1.29, 1.82) is 0 Å². The second-order valence-electron chi connectivity index (χ2n) is 5.04. The standard InChI is InChI=1S/C18H19NO/c1-3-19-17(14-9-5-4-6-10-14)16-12-15-11-7-8-13(2)18(15)20-16/h4-12,17,19H,3H2,1-2H3. The summed E-state index contributed by atoms with van der Waals surface area (Å²) >= 11 is 0. The van der Waals surface area contributed by atoms with Crippen LogP contribution >= 0.6 is 0 Å². The Balaban J connectivity index is 2.08. The Kier molecular flexibility index (Phi) is 3.57. The third kappa shape index (κ3) is 2.35. The summed E-state index contributed by atoms with van der Waals surface area (Å²) in [5.41, 5.74) is 3.39. The van der Waals surface area contributed by atoms with Crippen LogP contribution in [0.15, 0.2) is 59.0 Å². The summed E-state index contributed by atoms with van der Waals surface area (Å²) in [7, 11) is 0. The Labute approximate surface area is 119 Å². The number of nitrogens with one attached hydrogen (secondary N) is 1. The summed E-state index contributed by atoms with van der Waals surface area (Å²) in [5, 5.41) is 4.67. The van der Waals surface area contributed by atoms with Gasteiger partial charge in [0.1, 0.15) is 11.3 Å². The maximum absolute atomic E-state index is 6.11. The molecular formula is C18H19NO. The first-order chi connectivity index (χ1) is 9.79. The van der Waals surface area contributed by atoms with E-state index in [9.17, 15) is 0 Å². The molecule has 1 aromatic heterocycles. The number of furan rings is 1. The summed E-state index contributed by atoms with van der Waals surface area (Å²) in [6.45, 7) is 5.10. The number of aryl methyl sites for hydroxylation is 1. The lowest BCUT2D eigenvalue weighted by Crippen LogP contribution is -2.21. The number of benzene rings is 2. The number of fused-ring (bicyclic) bond motifs is 1. The first kappa shape index (κ1) is 12.9. The van der Waals surface area contributed by atoms with Crippen molar-refractivity contribution >= 4 is 11.0 Å². The summed E-state index contributed by atoms with van der Waals surface area (Å²) in [6, 6.07) is 18.9. The Morgan fingerprint density at radius 1 is 1.05 bits per heavy atom. The number of para-hydroxylation sites is 1. The summed E-state index contributed by atoms with van der Waals surface area (Å²) in [6.07, 6.45) is 0. The van der Waals surface area contributed by atoms with E-state index in [4.69, 9.17) is 4.42 Å². The SMILES string of the molecule is CCNC(c1ccccc1)c1cc2cccc(C)c2o1. The molecule has 102 valence electrons. The zero-order chi connectivity index (χ0) is 13.9. The van der Waals surface area contributed by atoms with Gasteiger partial charge in [-0.3, -0.25) is 0 Å². The van der Waals surface area contributed by atoms with Crippen molar-refractivity contribution in [3.05, 3.63) is 71.5 Å². The minimum Gasteiger partial charge on any atom is -0.459 e. The highest BCUT2D eigenvalue weighted by molar-refractivity contribution is 5.81.